The summed E-state index contributed by atoms with van der Waals surface area (Å²) in [6, 6.07) is 0. The summed E-state index contributed by atoms with van der Waals surface area (Å²) in [7, 11) is 0. The van der Waals surface area contributed by atoms with Crippen molar-refractivity contribution < 1.29 is 9.13 Å². The Bertz CT molecular complexity index is 183. The quantitative estimate of drug-likeness (QED) is 0.663. The molecule has 1 saturated heterocycles. The normalized spacial score (nSPS) is 43.3. The molecule has 1 aliphatic carbocycles. The molecule has 0 N–H and O–H groups in total. The Balaban J connectivity index is 1.85. The zero-order valence-corrected chi connectivity index (χ0v) is 9.05. The Morgan fingerprint density at radius 2 is 2.07 bits per heavy atom. The van der Waals surface area contributed by atoms with Crippen LogP contribution in [0.3, 0.4) is 0 Å². The minimum Gasteiger partial charge on any atom is -0.375 e. The van der Waals surface area contributed by atoms with Gasteiger partial charge in [0.05, 0.1) is 12.2 Å². The molecule has 2 aliphatic rings. The smallest absolute Gasteiger partial charge is 0.101 e. The van der Waals surface area contributed by atoms with Crippen molar-refractivity contribution in [3.63, 3.8) is 0 Å². The predicted octanol–water partition coefficient (Wildman–Crippen LogP) is 3.47. The first-order valence-electron chi connectivity index (χ1n) is 6.09. The number of rotatable bonds is 2. The van der Waals surface area contributed by atoms with Crippen molar-refractivity contribution in [3.8, 4) is 0 Å². The van der Waals surface area contributed by atoms with Gasteiger partial charge < -0.3 is 4.74 Å². The maximum absolute atomic E-state index is 13.1. The summed E-state index contributed by atoms with van der Waals surface area (Å²) in [4.78, 5) is 0. The second kappa shape index (κ2) is 4.61. The van der Waals surface area contributed by atoms with Gasteiger partial charge in [0.1, 0.15) is 6.17 Å². The summed E-state index contributed by atoms with van der Waals surface area (Å²) in [5, 5.41) is 0. The van der Waals surface area contributed by atoms with Gasteiger partial charge in [0.2, 0.25) is 0 Å². The van der Waals surface area contributed by atoms with Crippen molar-refractivity contribution in [1.29, 1.82) is 0 Å². The van der Waals surface area contributed by atoms with Crippen LogP contribution in [0.25, 0.3) is 0 Å². The summed E-state index contributed by atoms with van der Waals surface area (Å²) in [5.41, 5.74) is 0. The fourth-order valence-electron chi connectivity index (χ4n) is 2.91. The van der Waals surface area contributed by atoms with E-state index >= 15 is 0 Å². The highest BCUT2D eigenvalue weighted by Gasteiger charge is 2.35. The zero-order valence-electron chi connectivity index (χ0n) is 9.05. The Morgan fingerprint density at radius 1 is 1.21 bits per heavy atom. The number of hydrogen-bond donors (Lipinski definition) is 0. The lowest BCUT2D eigenvalue weighted by atomic mass is 9.79. The van der Waals surface area contributed by atoms with E-state index in [0.717, 1.165) is 25.7 Å². The monoisotopic (exact) mass is 200 g/mol. The van der Waals surface area contributed by atoms with E-state index in [1.54, 1.807) is 0 Å². The first-order chi connectivity index (χ1) is 6.79. The number of hydrogen-bond acceptors (Lipinski definition) is 1. The van der Waals surface area contributed by atoms with Gasteiger partial charge in [0.25, 0.3) is 0 Å². The molecule has 0 bridgehead atoms. The number of alkyl halides is 1. The second-order valence-corrected chi connectivity index (χ2v) is 4.83. The zero-order chi connectivity index (χ0) is 9.97. The van der Waals surface area contributed by atoms with Crippen molar-refractivity contribution in [2.45, 2.75) is 70.2 Å². The standard InChI is InChI=1S/C12H21FO/c1-2-3-11-6-4-9-8-10(13)5-7-12(9)14-11/h9-12H,2-8H2,1H3/t9?,10?,11-,12-/m0/s1. The molecule has 82 valence electrons. The summed E-state index contributed by atoms with van der Waals surface area (Å²) >= 11 is 0. The molecule has 0 aromatic heterocycles. The molecule has 4 atom stereocenters. The van der Waals surface area contributed by atoms with Crippen LogP contribution in [0.4, 0.5) is 4.39 Å². The fraction of sp³-hybridized carbons (Fsp3) is 1.00. The van der Waals surface area contributed by atoms with Crippen LogP contribution in [0.2, 0.25) is 0 Å². The van der Waals surface area contributed by atoms with Gasteiger partial charge in [-0.3, -0.25) is 0 Å². The molecule has 2 fully saturated rings. The molecule has 0 radical (unpaired) electrons. The molecule has 1 saturated carbocycles. The highest BCUT2D eigenvalue weighted by molar-refractivity contribution is 4.85. The van der Waals surface area contributed by atoms with Crippen LogP contribution >= 0.6 is 0 Å². The Morgan fingerprint density at radius 3 is 2.86 bits per heavy atom. The summed E-state index contributed by atoms with van der Waals surface area (Å²) in [5.74, 6) is 0.520. The minimum atomic E-state index is -0.553. The van der Waals surface area contributed by atoms with Crippen LogP contribution in [0, 0.1) is 5.92 Å². The largest absolute Gasteiger partial charge is 0.375 e. The molecule has 2 unspecified atom stereocenters. The Kier molecular flexibility index (Phi) is 3.42. The third-order valence-electron chi connectivity index (χ3n) is 3.69. The molecule has 2 rings (SSSR count). The van der Waals surface area contributed by atoms with E-state index < -0.39 is 6.17 Å². The summed E-state index contributed by atoms with van der Waals surface area (Å²) < 4.78 is 19.2. The van der Waals surface area contributed by atoms with Gasteiger partial charge in [-0.15, -0.1) is 0 Å². The van der Waals surface area contributed by atoms with E-state index in [-0.39, 0.29) is 0 Å². The van der Waals surface area contributed by atoms with Crippen molar-refractivity contribution >= 4 is 0 Å². The predicted molar refractivity (Wildman–Crippen MR) is 55.0 cm³/mol. The highest BCUT2D eigenvalue weighted by Crippen LogP contribution is 2.37. The molecule has 1 aliphatic heterocycles. The van der Waals surface area contributed by atoms with Crippen LogP contribution in [-0.4, -0.2) is 18.4 Å². The molecule has 0 aromatic rings. The van der Waals surface area contributed by atoms with Crippen LogP contribution in [-0.2, 0) is 4.74 Å². The average Bonchev–Trinajstić information content (AvgIpc) is 2.19. The number of ether oxygens (including phenoxy) is 1. The summed E-state index contributed by atoms with van der Waals surface area (Å²) in [6.07, 6.45) is 7.45. The Hall–Kier alpha value is -0.110. The highest BCUT2D eigenvalue weighted by atomic mass is 19.1. The van der Waals surface area contributed by atoms with Gasteiger partial charge >= 0.3 is 0 Å². The lowest BCUT2D eigenvalue weighted by Crippen LogP contribution is -2.39. The molecule has 2 heteroatoms. The fourth-order valence-corrected chi connectivity index (χ4v) is 2.91. The topological polar surface area (TPSA) is 9.23 Å². The minimum absolute atomic E-state index is 0.382. The van der Waals surface area contributed by atoms with E-state index in [9.17, 15) is 4.39 Å². The van der Waals surface area contributed by atoms with E-state index in [2.05, 4.69) is 6.92 Å². The van der Waals surface area contributed by atoms with Crippen molar-refractivity contribution in [2.75, 3.05) is 0 Å². The van der Waals surface area contributed by atoms with E-state index in [0.29, 0.717) is 18.1 Å². The maximum Gasteiger partial charge on any atom is 0.101 e. The molecule has 0 amide bonds. The van der Waals surface area contributed by atoms with Gasteiger partial charge in [-0.2, -0.15) is 0 Å². The molecule has 14 heavy (non-hydrogen) atoms. The average molecular weight is 200 g/mol. The summed E-state index contributed by atoms with van der Waals surface area (Å²) in [6.45, 7) is 2.20. The molecular weight excluding hydrogens is 179 g/mol. The first-order valence-corrected chi connectivity index (χ1v) is 6.09. The Labute approximate surface area is 86.0 Å². The van der Waals surface area contributed by atoms with Crippen LogP contribution in [0.5, 0.6) is 0 Å². The van der Waals surface area contributed by atoms with Gasteiger partial charge in [0.15, 0.2) is 0 Å². The number of fused-ring (bicyclic) bond motifs is 1. The van der Waals surface area contributed by atoms with Crippen molar-refractivity contribution in [1.82, 2.24) is 0 Å². The molecular formula is C12H21FO. The molecule has 1 heterocycles. The maximum atomic E-state index is 13.1. The van der Waals surface area contributed by atoms with Crippen molar-refractivity contribution in [2.24, 2.45) is 5.92 Å². The van der Waals surface area contributed by atoms with Gasteiger partial charge in [-0.25, -0.2) is 4.39 Å². The second-order valence-electron chi connectivity index (χ2n) is 4.83. The van der Waals surface area contributed by atoms with Crippen LogP contribution < -0.4 is 0 Å². The third-order valence-corrected chi connectivity index (χ3v) is 3.69. The third kappa shape index (κ3) is 2.28. The van der Waals surface area contributed by atoms with Crippen LogP contribution in [0.15, 0.2) is 0 Å². The van der Waals surface area contributed by atoms with Gasteiger partial charge in [0, 0.05) is 0 Å². The van der Waals surface area contributed by atoms with Crippen molar-refractivity contribution in [3.05, 3.63) is 0 Å². The van der Waals surface area contributed by atoms with E-state index in [1.165, 1.54) is 19.3 Å². The first kappa shape index (κ1) is 10.4. The lowest BCUT2D eigenvalue weighted by Gasteiger charge is -2.40. The molecule has 1 nitrogen and oxygen atoms in total. The molecule has 0 spiro atoms. The van der Waals surface area contributed by atoms with Gasteiger partial charge in [-0.1, -0.05) is 13.3 Å². The number of halogens is 1. The van der Waals surface area contributed by atoms with Crippen LogP contribution in [0.1, 0.15) is 51.9 Å². The lowest BCUT2D eigenvalue weighted by molar-refractivity contribution is -0.110. The molecule has 0 aromatic carbocycles. The SMILES string of the molecule is CCC[C@H]1CCC2CC(F)CC[C@@H]2O1. The van der Waals surface area contributed by atoms with E-state index in [1.807, 2.05) is 0 Å². The van der Waals surface area contributed by atoms with E-state index in [4.69, 9.17) is 4.74 Å². The van der Waals surface area contributed by atoms with Gasteiger partial charge in [-0.05, 0) is 44.4 Å².